The summed E-state index contributed by atoms with van der Waals surface area (Å²) in [7, 11) is 0. The Hall–Kier alpha value is -2.62. The number of nitrogens with zero attached hydrogens (tertiary/aromatic N) is 1. The predicted molar refractivity (Wildman–Crippen MR) is 99.6 cm³/mol. The first kappa shape index (κ1) is 17.2. The molecule has 1 N–H and O–H groups in total. The SMILES string of the molecule is Cc1cc(C)cc(N2CCC(NC(=O)CCc3ccccc3)C2=O)c1. The summed E-state index contributed by atoms with van der Waals surface area (Å²) in [6.07, 6.45) is 1.74. The molecule has 4 nitrogen and oxygen atoms in total. The van der Waals surface area contributed by atoms with E-state index in [2.05, 4.69) is 11.4 Å². The fourth-order valence-corrected chi connectivity index (χ4v) is 3.35. The van der Waals surface area contributed by atoms with Crippen molar-refractivity contribution < 1.29 is 9.59 Å². The summed E-state index contributed by atoms with van der Waals surface area (Å²) >= 11 is 0. The van der Waals surface area contributed by atoms with Crippen molar-refractivity contribution in [2.75, 3.05) is 11.4 Å². The molecule has 0 bridgehead atoms. The van der Waals surface area contributed by atoms with E-state index in [0.29, 0.717) is 25.8 Å². The zero-order valence-electron chi connectivity index (χ0n) is 14.8. The van der Waals surface area contributed by atoms with Crippen molar-refractivity contribution in [2.24, 2.45) is 0 Å². The normalized spacial score (nSPS) is 17.0. The van der Waals surface area contributed by atoms with Gasteiger partial charge in [-0.15, -0.1) is 0 Å². The molecule has 1 fully saturated rings. The summed E-state index contributed by atoms with van der Waals surface area (Å²) in [5, 5.41) is 2.90. The first-order valence-electron chi connectivity index (χ1n) is 8.76. The lowest BCUT2D eigenvalue weighted by atomic mass is 10.1. The quantitative estimate of drug-likeness (QED) is 0.912. The van der Waals surface area contributed by atoms with Gasteiger partial charge in [-0.25, -0.2) is 0 Å². The molecule has 2 aromatic carbocycles. The van der Waals surface area contributed by atoms with Gasteiger partial charge in [0.2, 0.25) is 11.8 Å². The molecule has 0 aromatic heterocycles. The van der Waals surface area contributed by atoms with E-state index < -0.39 is 6.04 Å². The molecule has 1 heterocycles. The van der Waals surface area contributed by atoms with E-state index in [1.807, 2.05) is 56.3 Å². The maximum atomic E-state index is 12.6. The number of amides is 2. The lowest BCUT2D eigenvalue weighted by molar-refractivity contribution is -0.126. The highest BCUT2D eigenvalue weighted by molar-refractivity contribution is 6.01. The molecule has 1 aliphatic rings. The molecule has 1 aliphatic heterocycles. The van der Waals surface area contributed by atoms with Crippen LogP contribution >= 0.6 is 0 Å². The van der Waals surface area contributed by atoms with E-state index in [4.69, 9.17) is 0 Å². The van der Waals surface area contributed by atoms with E-state index in [1.165, 1.54) is 0 Å². The number of carbonyl (C=O) groups excluding carboxylic acids is 2. The number of carbonyl (C=O) groups is 2. The second-order valence-electron chi connectivity index (χ2n) is 6.73. The monoisotopic (exact) mass is 336 g/mol. The summed E-state index contributed by atoms with van der Waals surface area (Å²) in [5.74, 6) is -0.0810. The van der Waals surface area contributed by atoms with E-state index in [9.17, 15) is 9.59 Å². The third-order valence-corrected chi connectivity index (χ3v) is 4.54. The van der Waals surface area contributed by atoms with E-state index in [-0.39, 0.29) is 11.8 Å². The molecule has 3 rings (SSSR count). The average Bonchev–Trinajstić information content (AvgIpc) is 2.94. The Bertz CT molecular complexity index is 750. The second-order valence-corrected chi connectivity index (χ2v) is 6.73. The topological polar surface area (TPSA) is 49.4 Å². The van der Waals surface area contributed by atoms with Gasteiger partial charge in [0.25, 0.3) is 0 Å². The zero-order chi connectivity index (χ0) is 17.8. The zero-order valence-corrected chi connectivity index (χ0v) is 14.8. The maximum absolute atomic E-state index is 12.6. The van der Waals surface area contributed by atoms with Gasteiger partial charge in [-0.2, -0.15) is 0 Å². The molecule has 1 saturated heterocycles. The Labute approximate surface area is 148 Å². The molecule has 2 aromatic rings. The minimum atomic E-state index is -0.413. The van der Waals surface area contributed by atoms with Crippen molar-refractivity contribution in [2.45, 2.75) is 39.2 Å². The van der Waals surface area contributed by atoms with Crippen LogP contribution in [0.3, 0.4) is 0 Å². The van der Waals surface area contributed by atoms with Crippen molar-refractivity contribution in [1.29, 1.82) is 0 Å². The van der Waals surface area contributed by atoms with Gasteiger partial charge in [-0.1, -0.05) is 36.4 Å². The van der Waals surface area contributed by atoms with Gasteiger partial charge in [0, 0.05) is 18.7 Å². The Morgan fingerprint density at radius 3 is 2.48 bits per heavy atom. The van der Waals surface area contributed by atoms with Crippen molar-refractivity contribution in [3.8, 4) is 0 Å². The van der Waals surface area contributed by atoms with Crippen LogP contribution in [-0.4, -0.2) is 24.4 Å². The Morgan fingerprint density at radius 1 is 1.12 bits per heavy atom. The standard InChI is InChI=1S/C21H24N2O2/c1-15-12-16(2)14-18(13-15)23-11-10-19(21(23)25)22-20(24)9-8-17-6-4-3-5-7-17/h3-7,12-14,19H,8-11H2,1-2H3,(H,22,24). The number of benzene rings is 2. The van der Waals surface area contributed by atoms with E-state index in [0.717, 1.165) is 22.4 Å². The summed E-state index contributed by atoms with van der Waals surface area (Å²) in [4.78, 5) is 26.6. The van der Waals surface area contributed by atoms with Crippen LogP contribution in [-0.2, 0) is 16.0 Å². The fraction of sp³-hybridized carbons (Fsp3) is 0.333. The first-order chi connectivity index (χ1) is 12.0. The second kappa shape index (κ2) is 7.51. The number of hydrogen-bond donors (Lipinski definition) is 1. The van der Waals surface area contributed by atoms with Crippen molar-refractivity contribution in [1.82, 2.24) is 5.32 Å². The minimum Gasteiger partial charge on any atom is -0.344 e. The van der Waals surface area contributed by atoms with Crippen LogP contribution in [0.5, 0.6) is 0 Å². The number of nitrogens with one attached hydrogen (secondary N) is 1. The van der Waals surface area contributed by atoms with Gasteiger partial charge in [0.15, 0.2) is 0 Å². The first-order valence-corrected chi connectivity index (χ1v) is 8.76. The minimum absolute atomic E-state index is 0.0157. The summed E-state index contributed by atoms with van der Waals surface area (Å²) in [5.41, 5.74) is 4.33. The van der Waals surface area contributed by atoms with Gasteiger partial charge in [0.05, 0.1) is 0 Å². The van der Waals surface area contributed by atoms with Crippen LogP contribution in [0.4, 0.5) is 5.69 Å². The van der Waals surface area contributed by atoms with Crippen LogP contribution in [0.1, 0.15) is 29.5 Å². The largest absolute Gasteiger partial charge is 0.344 e. The Morgan fingerprint density at radius 2 is 1.80 bits per heavy atom. The third-order valence-electron chi connectivity index (χ3n) is 4.54. The molecule has 0 saturated carbocycles. The highest BCUT2D eigenvalue weighted by Gasteiger charge is 2.33. The van der Waals surface area contributed by atoms with Gasteiger partial charge in [-0.05, 0) is 55.5 Å². The smallest absolute Gasteiger partial charge is 0.249 e. The lowest BCUT2D eigenvalue weighted by Crippen LogP contribution is -2.41. The van der Waals surface area contributed by atoms with Crippen LogP contribution in [0, 0.1) is 13.8 Å². The summed E-state index contributed by atoms with van der Waals surface area (Å²) < 4.78 is 0. The van der Waals surface area contributed by atoms with Gasteiger partial charge in [-0.3, -0.25) is 9.59 Å². The molecule has 4 heteroatoms. The Kier molecular flexibility index (Phi) is 5.17. The van der Waals surface area contributed by atoms with Crippen LogP contribution in [0.25, 0.3) is 0 Å². The Balaban J connectivity index is 1.57. The van der Waals surface area contributed by atoms with E-state index >= 15 is 0 Å². The lowest BCUT2D eigenvalue weighted by Gasteiger charge is -2.18. The fourth-order valence-electron chi connectivity index (χ4n) is 3.35. The number of hydrogen-bond acceptors (Lipinski definition) is 2. The van der Waals surface area contributed by atoms with Gasteiger partial charge >= 0.3 is 0 Å². The summed E-state index contributed by atoms with van der Waals surface area (Å²) in [6.45, 7) is 4.70. The third kappa shape index (κ3) is 4.27. The average molecular weight is 336 g/mol. The molecule has 1 unspecified atom stereocenters. The molecule has 25 heavy (non-hydrogen) atoms. The predicted octanol–water partition coefficient (Wildman–Crippen LogP) is 3.16. The number of anilines is 1. The molecule has 0 spiro atoms. The highest BCUT2D eigenvalue weighted by atomic mass is 16.2. The molecular weight excluding hydrogens is 312 g/mol. The molecule has 0 radical (unpaired) electrons. The van der Waals surface area contributed by atoms with Gasteiger partial charge < -0.3 is 10.2 Å². The van der Waals surface area contributed by atoms with Crippen LogP contribution in [0.2, 0.25) is 0 Å². The molecule has 130 valence electrons. The van der Waals surface area contributed by atoms with Crippen LogP contribution < -0.4 is 10.2 Å². The van der Waals surface area contributed by atoms with Crippen molar-refractivity contribution in [3.63, 3.8) is 0 Å². The number of rotatable bonds is 5. The molecule has 2 amide bonds. The molecule has 0 aliphatic carbocycles. The number of aryl methyl sites for hydroxylation is 3. The van der Waals surface area contributed by atoms with Crippen molar-refractivity contribution >= 4 is 17.5 Å². The highest BCUT2D eigenvalue weighted by Crippen LogP contribution is 2.24. The molecule has 1 atom stereocenters. The molecular formula is C21H24N2O2. The van der Waals surface area contributed by atoms with Crippen molar-refractivity contribution in [3.05, 3.63) is 65.2 Å². The van der Waals surface area contributed by atoms with Crippen LogP contribution in [0.15, 0.2) is 48.5 Å². The summed E-state index contributed by atoms with van der Waals surface area (Å²) in [6, 6.07) is 15.6. The maximum Gasteiger partial charge on any atom is 0.249 e. The van der Waals surface area contributed by atoms with Gasteiger partial charge in [0.1, 0.15) is 6.04 Å². The van der Waals surface area contributed by atoms with E-state index in [1.54, 1.807) is 4.90 Å².